The molecule has 1 amide bonds. The quantitative estimate of drug-likeness (QED) is 0.458. The lowest BCUT2D eigenvalue weighted by molar-refractivity contribution is 0.0962. The van der Waals surface area contributed by atoms with Gasteiger partial charge in [0, 0.05) is 43.6 Å². The van der Waals surface area contributed by atoms with Crippen molar-refractivity contribution in [3.8, 4) is 17.0 Å². The Morgan fingerprint density at radius 2 is 2.06 bits per heavy atom. The minimum Gasteiger partial charge on any atom is -0.496 e. The van der Waals surface area contributed by atoms with Crippen molar-refractivity contribution >= 4 is 17.5 Å². The number of hydrogen-bond donors (Lipinski definition) is 3. The summed E-state index contributed by atoms with van der Waals surface area (Å²) >= 11 is 0. The van der Waals surface area contributed by atoms with Crippen LogP contribution in [-0.4, -0.2) is 60.8 Å². The van der Waals surface area contributed by atoms with Gasteiger partial charge in [0.15, 0.2) is 0 Å². The van der Waals surface area contributed by atoms with E-state index in [9.17, 15) is 4.79 Å². The standard InChI is InChI=1S/C24H28N6O3/c1-25-24(31)17-4-3-16(21(11-17)32-2)7-9-26-23-12-20(28-15-29-23)18-5-6-22(27-13-18)30-19-8-10-33-14-19/h3-6,11-13,15,19H,7-10,14H2,1-2H3,(H,25,31)(H,27,30)(H,26,28,29). The Labute approximate surface area is 193 Å². The fraction of sp³-hybridized carbons (Fsp3) is 0.333. The number of carbonyl (C=O) groups is 1. The van der Waals surface area contributed by atoms with E-state index in [-0.39, 0.29) is 5.91 Å². The zero-order valence-corrected chi connectivity index (χ0v) is 18.8. The fourth-order valence-corrected chi connectivity index (χ4v) is 3.66. The molecule has 0 bridgehead atoms. The summed E-state index contributed by atoms with van der Waals surface area (Å²) in [5.74, 6) is 2.10. The van der Waals surface area contributed by atoms with E-state index < -0.39 is 0 Å². The second-order valence-electron chi connectivity index (χ2n) is 7.71. The largest absolute Gasteiger partial charge is 0.496 e. The number of pyridine rings is 1. The van der Waals surface area contributed by atoms with Crippen LogP contribution < -0.4 is 20.7 Å². The van der Waals surface area contributed by atoms with Crippen LogP contribution in [0, 0.1) is 0 Å². The topological polar surface area (TPSA) is 110 Å². The summed E-state index contributed by atoms with van der Waals surface area (Å²) in [5, 5.41) is 9.33. The highest BCUT2D eigenvalue weighted by Gasteiger charge is 2.15. The molecule has 4 rings (SSSR count). The molecule has 1 aliphatic rings. The summed E-state index contributed by atoms with van der Waals surface area (Å²) < 4.78 is 10.9. The fourth-order valence-electron chi connectivity index (χ4n) is 3.66. The first-order chi connectivity index (χ1) is 16.2. The molecule has 1 aliphatic heterocycles. The van der Waals surface area contributed by atoms with Gasteiger partial charge in [-0.2, -0.15) is 0 Å². The van der Waals surface area contributed by atoms with E-state index in [1.165, 1.54) is 0 Å². The SMILES string of the molecule is CNC(=O)c1ccc(CCNc2cc(-c3ccc(NC4CCOC4)nc3)ncn2)c(OC)c1. The molecule has 0 saturated carbocycles. The molecule has 1 saturated heterocycles. The lowest BCUT2D eigenvalue weighted by Crippen LogP contribution is -2.19. The lowest BCUT2D eigenvalue weighted by atomic mass is 10.1. The number of ether oxygens (including phenoxy) is 2. The van der Waals surface area contributed by atoms with Gasteiger partial charge in [0.1, 0.15) is 23.7 Å². The number of nitrogens with one attached hydrogen (secondary N) is 3. The van der Waals surface area contributed by atoms with Crippen LogP contribution in [-0.2, 0) is 11.2 Å². The van der Waals surface area contributed by atoms with Crippen LogP contribution in [0.15, 0.2) is 48.9 Å². The van der Waals surface area contributed by atoms with Gasteiger partial charge in [-0.3, -0.25) is 4.79 Å². The van der Waals surface area contributed by atoms with Crippen molar-refractivity contribution in [2.45, 2.75) is 18.9 Å². The van der Waals surface area contributed by atoms with E-state index in [2.05, 4.69) is 30.9 Å². The van der Waals surface area contributed by atoms with Crippen molar-refractivity contribution < 1.29 is 14.3 Å². The van der Waals surface area contributed by atoms with E-state index in [0.29, 0.717) is 36.9 Å². The van der Waals surface area contributed by atoms with Crippen molar-refractivity contribution in [1.29, 1.82) is 0 Å². The molecule has 1 fully saturated rings. The molecule has 172 valence electrons. The van der Waals surface area contributed by atoms with Crippen LogP contribution in [0.5, 0.6) is 5.75 Å². The highest BCUT2D eigenvalue weighted by Crippen LogP contribution is 2.22. The summed E-state index contributed by atoms with van der Waals surface area (Å²) in [6.45, 7) is 2.16. The zero-order valence-electron chi connectivity index (χ0n) is 18.8. The van der Waals surface area contributed by atoms with E-state index in [1.807, 2.05) is 30.5 Å². The van der Waals surface area contributed by atoms with Gasteiger partial charge in [-0.05, 0) is 42.7 Å². The first-order valence-electron chi connectivity index (χ1n) is 10.9. The predicted octanol–water partition coefficient (Wildman–Crippen LogP) is 2.76. The van der Waals surface area contributed by atoms with Gasteiger partial charge in [0.25, 0.3) is 5.91 Å². The number of aromatic nitrogens is 3. The molecule has 1 atom stereocenters. The molecular formula is C24H28N6O3. The Morgan fingerprint density at radius 1 is 1.15 bits per heavy atom. The van der Waals surface area contributed by atoms with Gasteiger partial charge in [0.2, 0.25) is 0 Å². The summed E-state index contributed by atoms with van der Waals surface area (Å²) in [6, 6.07) is 11.6. The van der Waals surface area contributed by atoms with Crippen LogP contribution in [0.2, 0.25) is 0 Å². The molecule has 9 nitrogen and oxygen atoms in total. The van der Waals surface area contributed by atoms with Crippen LogP contribution in [0.25, 0.3) is 11.3 Å². The number of nitrogens with zero attached hydrogens (tertiary/aromatic N) is 3. The van der Waals surface area contributed by atoms with E-state index in [0.717, 1.165) is 41.5 Å². The summed E-state index contributed by atoms with van der Waals surface area (Å²) in [6.07, 6.45) is 5.05. The Morgan fingerprint density at radius 3 is 2.79 bits per heavy atom. The molecule has 2 aromatic heterocycles. The molecule has 0 radical (unpaired) electrons. The molecule has 3 heterocycles. The molecule has 1 unspecified atom stereocenters. The van der Waals surface area contributed by atoms with Crippen LogP contribution in [0.1, 0.15) is 22.3 Å². The van der Waals surface area contributed by atoms with E-state index in [4.69, 9.17) is 9.47 Å². The maximum atomic E-state index is 11.8. The number of methoxy groups -OCH3 is 1. The number of anilines is 2. The maximum Gasteiger partial charge on any atom is 0.251 e. The molecule has 3 N–H and O–H groups in total. The second-order valence-corrected chi connectivity index (χ2v) is 7.71. The van der Waals surface area contributed by atoms with Gasteiger partial charge in [-0.15, -0.1) is 0 Å². The highest BCUT2D eigenvalue weighted by atomic mass is 16.5. The average molecular weight is 449 g/mol. The smallest absolute Gasteiger partial charge is 0.251 e. The summed E-state index contributed by atoms with van der Waals surface area (Å²) in [5.41, 5.74) is 3.29. The number of hydrogen-bond acceptors (Lipinski definition) is 8. The Kier molecular flexibility index (Phi) is 7.31. The minimum absolute atomic E-state index is 0.141. The third-order valence-electron chi connectivity index (χ3n) is 5.48. The number of carbonyl (C=O) groups excluding carboxylic acids is 1. The van der Waals surface area contributed by atoms with Crippen LogP contribution in [0.4, 0.5) is 11.6 Å². The Hall–Kier alpha value is -3.72. The molecular weight excluding hydrogens is 420 g/mol. The van der Waals surface area contributed by atoms with Crippen molar-refractivity contribution in [2.24, 2.45) is 0 Å². The maximum absolute atomic E-state index is 11.8. The number of rotatable bonds is 9. The second kappa shape index (κ2) is 10.7. The zero-order chi connectivity index (χ0) is 23.0. The lowest BCUT2D eigenvalue weighted by Gasteiger charge is -2.12. The Balaban J connectivity index is 1.36. The molecule has 0 aliphatic carbocycles. The van der Waals surface area contributed by atoms with Gasteiger partial charge >= 0.3 is 0 Å². The minimum atomic E-state index is -0.141. The van der Waals surface area contributed by atoms with Crippen molar-refractivity contribution in [2.75, 3.05) is 44.5 Å². The normalized spacial score (nSPS) is 15.2. The summed E-state index contributed by atoms with van der Waals surface area (Å²) in [4.78, 5) is 25.0. The molecule has 1 aromatic carbocycles. The van der Waals surface area contributed by atoms with Gasteiger partial charge < -0.3 is 25.4 Å². The van der Waals surface area contributed by atoms with Crippen LogP contribution >= 0.6 is 0 Å². The van der Waals surface area contributed by atoms with Crippen LogP contribution in [0.3, 0.4) is 0 Å². The van der Waals surface area contributed by atoms with Crippen molar-refractivity contribution in [1.82, 2.24) is 20.3 Å². The molecule has 33 heavy (non-hydrogen) atoms. The first-order valence-corrected chi connectivity index (χ1v) is 10.9. The third kappa shape index (κ3) is 5.75. The van der Waals surface area contributed by atoms with Gasteiger partial charge in [0.05, 0.1) is 25.5 Å². The number of benzene rings is 1. The monoisotopic (exact) mass is 448 g/mol. The molecule has 9 heteroatoms. The highest BCUT2D eigenvalue weighted by molar-refractivity contribution is 5.94. The van der Waals surface area contributed by atoms with Gasteiger partial charge in [-0.1, -0.05) is 6.07 Å². The van der Waals surface area contributed by atoms with Crippen molar-refractivity contribution in [3.63, 3.8) is 0 Å². The van der Waals surface area contributed by atoms with Gasteiger partial charge in [-0.25, -0.2) is 15.0 Å². The Bertz CT molecular complexity index is 1080. The van der Waals surface area contributed by atoms with E-state index >= 15 is 0 Å². The van der Waals surface area contributed by atoms with E-state index in [1.54, 1.807) is 32.6 Å². The summed E-state index contributed by atoms with van der Waals surface area (Å²) in [7, 11) is 3.21. The molecule has 0 spiro atoms. The number of amides is 1. The molecule has 3 aromatic rings. The third-order valence-corrected chi connectivity index (χ3v) is 5.48. The first kappa shape index (κ1) is 22.5. The predicted molar refractivity (Wildman–Crippen MR) is 127 cm³/mol. The average Bonchev–Trinajstić information content (AvgIpc) is 3.37. The van der Waals surface area contributed by atoms with Crippen molar-refractivity contribution in [3.05, 3.63) is 60.0 Å².